The molecule has 1 aliphatic heterocycles. The van der Waals surface area contributed by atoms with Gasteiger partial charge in [0.1, 0.15) is 0 Å². The minimum atomic E-state index is 0.0880. The molecule has 1 amide bonds. The molecule has 62 valence electrons. The molecule has 0 atom stereocenters. The van der Waals surface area contributed by atoms with Crippen LogP contribution in [0.1, 0.15) is 20.3 Å². The monoisotopic (exact) mass is 153 g/mol. The maximum Gasteiger partial charge on any atom is 0.231 e. The number of allylic oxidation sites excluding steroid dienone is 1. The summed E-state index contributed by atoms with van der Waals surface area (Å²) in [7, 11) is 1.71. The number of likely N-dealkylation sites (tertiary alicyclic amines) is 1. The topological polar surface area (TPSA) is 20.3 Å². The van der Waals surface area contributed by atoms with Crippen LogP contribution in [0.3, 0.4) is 0 Å². The summed E-state index contributed by atoms with van der Waals surface area (Å²) in [4.78, 5) is 12.3. The van der Waals surface area contributed by atoms with Gasteiger partial charge in [0.25, 0.3) is 0 Å². The van der Waals surface area contributed by atoms with Gasteiger partial charge in [0.2, 0.25) is 5.91 Å². The molecule has 0 N–H and O–H groups in total. The van der Waals surface area contributed by atoms with Gasteiger partial charge in [-0.25, -0.2) is 0 Å². The zero-order valence-corrected chi connectivity index (χ0v) is 7.48. The van der Waals surface area contributed by atoms with Crippen LogP contribution in [0.2, 0.25) is 0 Å². The van der Waals surface area contributed by atoms with Crippen molar-refractivity contribution in [3.8, 4) is 0 Å². The second-order valence-electron chi connectivity index (χ2n) is 2.18. The first-order chi connectivity index (χ1) is 5.13. The third-order valence-corrected chi connectivity index (χ3v) is 1.55. The molecule has 0 aromatic carbocycles. The van der Waals surface area contributed by atoms with Crippen molar-refractivity contribution in [2.24, 2.45) is 0 Å². The van der Waals surface area contributed by atoms with Gasteiger partial charge in [-0.15, -0.1) is 0 Å². The third-order valence-electron chi connectivity index (χ3n) is 1.55. The van der Waals surface area contributed by atoms with Gasteiger partial charge in [-0.2, -0.15) is 0 Å². The van der Waals surface area contributed by atoms with E-state index >= 15 is 0 Å². The van der Waals surface area contributed by atoms with Crippen molar-refractivity contribution in [3.63, 3.8) is 0 Å². The Labute approximate surface area is 68.2 Å². The van der Waals surface area contributed by atoms with Crippen molar-refractivity contribution in [1.82, 2.24) is 4.90 Å². The summed E-state index contributed by atoms with van der Waals surface area (Å²) in [5.74, 6) is 0.0880. The van der Waals surface area contributed by atoms with Gasteiger partial charge in [0.15, 0.2) is 0 Å². The highest BCUT2D eigenvalue weighted by atomic mass is 16.2. The Morgan fingerprint density at radius 2 is 1.82 bits per heavy atom. The zero-order valence-electron chi connectivity index (χ0n) is 7.48. The van der Waals surface area contributed by atoms with Gasteiger partial charge in [0, 0.05) is 12.7 Å². The first-order valence-electron chi connectivity index (χ1n) is 3.76. The lowest BCUT2D eigenvalue weighted by molar-refractivity contribution is -0.125. The molecule has 0 aromatic heterocycles. The van der Waals surface area contributed by atoms with Gasteiger partial charge < -0.3 is 4.90 Å². The molecular weight excluding hydrogens is 138 g/mol. The molecule has 1 heterocycles. The van der Waals surface area contributed by atoms with Crippen molar-refractivity contribution in [2.45, 2.75) is 20.3 Å². The van der Waals surface area contributed by atoms with E-state index in [9.17, 15) is 4.79 Å². The Kier molecular flexibility index (Phi) is 3.58. The minimum absolute atomic E-state index is 0.0880. The van der Waals surface area contributed by atoms with Crippen LogP contribution in [0.4, 0.5) is 0 Å². The van der Waals surface area contributed by atoms with Crippen molar-refractivity contribution >= 4 is 5.91 Å². The first-order valence-corrected chi connectivity index (χ1v) is 3.76. The number of carbonyl (C=O) groups is 1. The summed E-state index contributed by atoms with van der Waals surface area (Å²) in [5.41, 5.74) is 1.59. The molecule has 0 aromatic rings. The van der Waals surface area contributed by atoms with Crippen molar-refractivity contribution in [3.05, 3.63) is 24.4 Å². The van der Waals surface area contributed by atoms with E-state index < -0.39 is 0 Å². The molecule has 0 unspecified atom stereocenters. The quantitative estimate of drug-likeness (QED) is 0.521. The smallest absolute Gasteiger partial charge is 0.231 e. The van der Waals surface area contributed by atoms with Crippen LogP contribution in [0, 0.1) is 0 Å². The van der Waals surface area contributed by atoms with E-state index in [0.29, 0.717) is 6.42 Å². The first kappa shape index (κ1) is 9.95. The van der Waals surface area contributed by atoms with Crippen LogP contribution in [0.5, 0.6) is 0 Å². The predicted molar refractivity (Wildman–Crippen MR) is 47.0 cm³/mol. The SMILES string of the molecule is C=C1CC(=O)N(C)C1=C.CC. The standard InChI is InChI=1S/C7H9NO.C2H6/c1-5-4-7(9)8(3)6(5)2;1-2/h1-2,4H2,3H3;1-2H3. The fourth-order valence-electron chi connectivity index (χ4n) is 0.791. The van der Waals surface area contributed by atoms with Crippen LogP contribution < -0.4 is 0 Å². The lowest BCUT2D eigenvalue weighted by atomic mass is 10.2. The molecule has 0 saturated carbocycles. The average molecular weight is 153 g/mol. The molecule has 2 nitrogen and oxygen atoms in total. The number of hydrogen-bond donors (Lipinski definition) is 0. The molecule has 2 heteroatoms. The summed E-state index contributed by atoms with van der Waals surface area (Å²) in [6.45, 7) is 11.3. The highest BCUT2D eigenvalue weighted by Crippen LogP contribution is 2.22. The average Bonchev–Trinajstić information content (AvgIpc) is 2.22. The maximum atomic E-state index is 10.8. The van der Waals surface area contributed by atoms with E-state index in [1.165, 1.54) is 4.90 Å². The Balaban J connectivity index is 0.000000461. The molecule has 0 radical (unpaired) electrons. The highest BCUT2D eigenvalue weighted by molar-refractivity contribution is 5.86. The summed E-state index contributed by atoms with van der Waals surface area (Å²) >= 11 is 0. The van der Waals surface area contributed by atoms with E-state index in [-0.39, 0.29) is 5.91 Å². The van der Waals surface area contributed by atoms with Gasteiger partial charge >= 0.3 is 0 Å². The van der Waals surface area contributed by atoms with Crippen molar-refractivity contribution in [1.29, 1.82) is 0 Å². The predicted octanol–water partition coefficient (Wildman–Crippen LogP) is 1.94. The molecule has 0 aliphatic carbocycles. The van der Waals surface area contributed by atoms with Gasteiger partial charge in [-0.05, 0) is 5.57 Å². The summed E-state index contributed by atoms with van der Waals surface area (Å²) < 4.78 is 0. The van der Waals surface area contributed by atoms with E-state index in [0.717, 1.165) is 11.3 Å². The van der Waals surface area contributed by atoms with E-state index in [2.05, 4.69) is 13.2 Å². The van der Waals surface area contributed by atoms with Gasteiger partial charge in [0.05, 0.1) is 6.42 Å². The van der Waals surface area contributed by atoms with Crippen molar-refractivity contribution < 1.29 is 4.79 Å². The summed E-state index contributed by atoms with van der Waals surface area (Å²) in [5, 5.41) is 0. The third kappa shape index (κ3) is 1.93. The molecule has 1 fully saturated rings. The molecule has 1 saturated heterocycles. The lowest BCUT2D eigenvalue weighted by Crippen LogP contribution is -2.16. The molecule has 1 aliphatic rings. The maximum absolute atomic E-state index is 10.8. The summed E-state index contributed by atoms with van der Waals surface area (Å²) in [6.07, 6.45) is 0.440. The number of nitrogens with zero attached hydrogens (tertiary/aromatic N) is 1. The minimum Gasteiger partial charge on any atom is -0.316 e. The number of hydrogen-bond acceptors (Lipinski definition) is 1. The fourth-order valence-corrected chi connectivity index (χ4v) is 0.791. The fraction of sp³-hybridized carbons (Fsp3) is 0.444. The van der Waals surface area contributed by atoms with Crippen LogP contribution in [0.15, 0.2) is 24.4 Å². The summed E-state index contributed by atoms with van der Waals surface area (Å²) in [6, 6.07) is 0. The van der Waals surface area contributed by atoms with Crippen LogP contribution in [0.25, 0.3) is 0 Å². The Morgan fingerprint density at radius 1 is 1.36 bits per heavy atom. The Morgan fingerprint density at radius 3 is 1.91 bits per heavy atom. The highest BCUT2D eigenvalue weighted by Gasteiger charge is 2.22. The van der Waals surface area contributed by atoms with Crippen LogP contribution >= 0.6 is 0 Å². The van der Waals surface area contributed by atoms with Crippen LogP contribution in [-0.4, -0.2) is 17.9 Å². The van der Waals surface area contributed by atoms with Crippen LogP contribution in [-0.2, 0) is 4.79 Å². The second-order valence-corrected chi connectivity index (χ2v) is 2.18. The van der Waals surface area contributed by atoms with E-state index in [4.69, 9.17) is 0 Å². The molecule has 0 spiro atoms. The molecule has 11 heavy (non-hydrogen) atoms. The zero-order chi connectivity index (χ0) is 9.02. The number of amides is 1. The van der Waals surface area contributed by atoms with E-state index in [1.54, 1.807) is 7.05 Å². The second kappa shape index (κ2) is 3.96. The number of rotatable bonds is 0. The molecule has 1 rings (SSSR count). The van der Waals surface area contributed by atoms with Gasteiger partial charge in [-0.3, -0.25) is 4.79 Å². The molecular formula is C9H15NO. The number of likely N-dealkylation sites (N-methyl/N-ethyl adjacent to an activating group) is 1. The van der Waals surface area contributed by atoms with Gasteiger partial charge in [-0.1, -0.05) is 27.0 Å². The largest absolute Gasteiger partial charge is 0.316 e. The van der Waals surface area contributed by atoms with E-state index in [1.807, 2.05) is 13.8 Å². The Hall–Kier alpha value is -1.05. The van der Waals surface area contributed by atoms with Crippen molar-refractivity contribution in [2.75, 3.05) is 7.05 Å². The lowest BCUT2D eigenvalue weighted by Gasteiger charge is -2.07. The number of carbonyl (C=O) groups excluding carboxylic acids is 1. The normalized spacial score (nSPS) is 16.6. The Bertz CT molecular complexity index is 194. The molecule has 0 bridgehead atoms.